The Bertz CT molecular complexity index is 614. The molecular formula is C14H12Cl2N2O. The van der Waals surface area contributed by atoms with E-state index in [1.807, 2.05) is 31.2 Å². The maximum Gasteiger partial charge on any atom is 0.323 e. The summed E-state index contributed by atoms with van der Waals surface area (Å²) in [5.41, 5.74) is 2.20. The van der Waals surface area contributed by atoms with Crippen molar-refractivity contribution in [1.82, 2.24) is 0 Å². The van der Waals surface area contributed by atoms with Crippen molar-refractivity contribution in [2.24, 2.45) is 0 Å². The number of rotatable bonds is 2. The molecule has 19 heavy (non-hydrogen) atoms. The average molecular weight is 295 g/mol. The second kappa shape index (κ2) is 5.95. The van der Waals surface area contributed by atoms with Gasteiger partial charge in [0.1, 0.15) is 0 Å². The Labute approximate surface area is 121 Å². The molecule has 0 spiro atoms. The first kappa shape index (κ1) is 13.7. The zero-order chi connectivity index (χ0) is 13.8. The number of anilines is 2. The third-order valence-electron chi connectivity index (χ3n) is 2.57. The first-order chi connectivity index (χ1) is 9.06. The van der Waals surface area contributed by atoms with Crippen LogP contribution in [0.15, 0.2) is 42.5 Å². The van der Waals surface area contributed by atoms with Gasteiger partial charge in [-0.2, -0.15) is 0 Å². The molecule has 0 aliphatic heterocycles. The molecular weight excluding hydrogens is 283 g/mol. The lowest BCUT2D eigenvalue weighted by molar-refractivity contribution is 0.262. The van der Waals surface area contributed by atoms with Crippen LogP contribution in [0.4, 0.5) is 16.2 Å². The zero-order valence-corrected chi connectivity index (χ0v) is 11.7. The number of carbonyl (C=O) groups is 1. The van der Waals surface area contributed by atoms with Gasteiger partial charge in [-0.25, -0.2) is 4.79 Å². The molecule has 0 saturated carbocycles. The van der Waals surface area contributed by atoms with Gasteiger partial charge < -0.3 is 10.6 Å². The van der Waals surface area contributed by atoms with Gasteiger partial charge in [0, 0.05) is 10.7 Å². The van der Waals surface area contributed by atoms with Crippen LogP contribution in [0.25, 0.3) is 0 Å². The molecule has 0 aliphatic rings. The van der Waals surface area contributed by atoms with Crippen molar-refractivity contribution in [3.8, 4) is 0 Å². The van der Waals surface area contributed by atoms with E-state index < -0.39 is 0 Å². The highest BCUT2D eigenvalue weighted by molar-refractivity contribution is 6.35. The van der Waals surface area contributed by atoms with E-state index in [0.29, 0.717) is 15.7 Å². The predicted molar refractivity (Wildman–Crippen MR) is 80.3 cm³/mol. The summed E-state index contributed by atoms with van der Waals surface area (Å²) in [6.07, 6.45) is 0. The third-order valence-corrected chi connectivity index (χ3v) is 3.13. The molecule has 0 atom stereocenters. The van der Waals surface area contributed by atoms with E-state index in [4.69, 9.17) is 23.2 Å². The number of carbonyl (C=O) groups excluding carboxylic acids is 1. The van der Waals surface area contributed by atoms with Crippen molar-refractivity contribution in [2.75, 3.05) is 10.6 Å². The van der Waals surface area contributed by atoms with E-state index in [2.05, 4.69) is 10.6 Å². The fourth-order valence-electron chi connectivity index (χ4n) is 1.58. The molecule has 0 aromatic heterocycles. The molecule has 98 valence electrons. The molecule has 0 aliphatic carbocycles. The number of urea groups is 1. The van der Waals surface area contributed by atoms with Gasteiger partial charge in [0.15, 0.2) is 0 Å². The molecule has 0 radical (unpaired) electrons. The van der Waals surface area contributed by atoms with Crippen LogP contribution in [-0.2, 0) is 0 Å². The lowest BCUT2D eigenvalue weighted by Crippen LogP contribution is -2.20. The Morgan fingerprint density at radius 2 is 1.68 bits per heavy atom. The summed E-state index contributed by atoms with van der Waals surface area (Å²) >= 11 is 11.8. The standard InChI is InChI=1S/C14H12Cl2N2O/c1-9-4-2-3-5-12(9)17-14(19)18-13-8-10(15)6-7-11(13)16/h2-8H,1H3,(H2,17,18,19). The summed E-state index contributed by atoms with van der Waals surface area (Å²) in [5, 5.41) is 6.36. The van der Waals surface area contributed by atoms with Gasteiger partial charge in [0.2, 0.25) is 0 Å². The largest absolute Gasteiger partial charge is 0.323 e. The second-order valence-corrected chi connectivity index (χ2v) is 4.86. The van der Waals surface area contributed by atoms with E-state index in [1.165, 1.54) is 0 Å². The Hall–Kier alpha value is -1.71. The SMILES string of the molecule is Cc1ccccc1NC(=O)Nc1cc(Cl)ccc1Cl. The van der Waals surface area contributed by atoms with Gasteiger partial charge in [-0.05, 0) is 36.8 Å². The Morgan fingerprint density at radius 3 is 2.42 bits per heavy atom. The number of benzene rings is 2. The van der Waals surface area contributed by atoms with Gasteiger partial charge in [0.25, 0.3) is 0 Å². The lowest BCUT2D eigenvalue weighted by Gasteiger charge is -2.10. The fourth-order valence-corrected chi connectivity index (χ4v) is 1.92. The molecule has 0 fully saturated rings. The molecule has 3 nitrogen and oxygen atoms in total. The number of nitrogens with one attached hydrogen (secondary N) is 2. The summed E-state index contributed by atoms with van der Waals surface area (Å²) in [6.45, 7) is 1.92. The minimum atomic E-state index is -0.363. The first-order valence-corrected chi connectivity index (χ1v) is 6.40. The smallest absolute Gasteiger partial charge is 0.307 e. The molecule has 5 heteroatoms. The quantitative estimate of drug-likeness (QED) is 0.809. The maximum atomic E-state index is 11.9. The van der Waals surface area contributed by atoms with Gasteiger partial charge >= 0.3 is 6.03 Å². The molecule has 2 aromatic carbocycles. The highest BCUT2D eigenvalue weighted by Gasteiger charge is 2.07. The Morgan fingerprint density at radius 1 is 1.00 bits per heavy atom. The summed E-state index contributed by atoms with van der Waals surface area (Å²) in [5.74, 6) is 0. The van der Waals surface area contributed by atoms with Gasteiger partial charge in [0.05, 0.1) is 10.7 Å². The molecule has 2 N–H and O–H groups in total. The monoisotopic (exact) mass is 294 g/mol. The van der Waals surface area contributed by atoms with Gasteiger partial charge in [-0.3, -0.25) is 0 Å². The number of hydrogen-bond donors (Lipinski definition) is 2. The van der Waals surface area contributed by atoms with Crippen LogP contribution in [0.2, 0.25) is 10.0 Å². The summed E-state index contributed by atoms with van der Waals surface area (Å²) in [4.78, 5) is 11.9. The predicted octanol–water partition coefficient (Wildman–Crippen LogP) is 4.95. The van der Waals surface area contributed by atoms with Crippen molar-refractivity contribution < 1.29 is 4.79 Å². The van der Waals surface area contributed by atoms with E-state index in [9.17, 15) is 4.79 Å². The van der Waals surface area contributed by atoms with E-state index in [-0.39, 0.29) is 6.03 Å². The normalized spacial score (nSPS) is 10.1. The number of hydrogen-bond acceptors (Lipinski definition) is 1. The van der Waals surface area contributed by atoms with Crippen LogP contribution in [0.1, 0.15) is 5.56 Å². The van der Waals surface area contributed by atoms with E-state index in [1.54, 1.807) is 18.2 Å². The van der Waals surface area contributed by atoms with E-state index >= 15 is 0 Å². The van der Waals surface area contributed by atoms with Crippen molar-refractivity contribution in [3.63, 3.8) is 0 Å². The number of para-hydroxylation sites is 1. The van der Waals surface area contributed by atoms with Gasteiger partial charge in [-0.15, -0.1) is 0 Å². The van der Waals surface area contributed by atoms with Crippen LogP contribution in [0.5, 0.6) is 0 Å². The fraction of sp³-hybridized carbons (Fsp3) is 0.0714. The lowest BCUT2D eigenvalue weighted by atomic mass is 10.2. The van der Waals surface area contributed by atoms with E-state index in [0.717, 1.165) is 11.3 Å². The second-order valence-electron chi connectivity index (χ2n) is 4.02. The minimum absolute atomic E-state index is 0.363. The average Bonchev–Trinajstić information content (AvgIpc) is 2.37. The minimum Gasteiger partial charge on any atom is -0.307 e. The maximum absolute atomic E-state index is 11.9. The molecule has 0 unspecified atom stereocenters. The number of amides is 2. The molecule has 0 bridgehead atoms. The molecule has 0 heterocycles. The molecule has 2 amide bonds. The van der Waals surface area contributed by atoms with Crippen molar-refractivity contribution in [1.29, 1.82) is 0 Å². The van der Waals surface area contributed by atoms with Crippen LogP contribution < -0.4 is 10.6 Å². The number of halogens is 2. The molecule has 0 saturated heterocycles. The number of aryl methyl sites for hydroxylation is 1. The highest BCUT2D eigenvalue weighted by atomic mass is 35.5. The third kappa shape index (κ3) is 3.63. The summed E-state index contributed by atoms with van der Waals surface area (Å²) in [6, 6.07) is 12.0. The van der Waals surface area contributed by atoms with Crippen molar-refractivity contribution in [2.45, 2.75) is 6.92 Å². The molecule has 2 rings (SSSR count). The van der Waals surface area contributed by atoms with Crippen LogP contribution >= 0.6 is 23.2 Å². The van der Waals surface area contributed by atoms with Crippen LogP contribution in [0.3, 0.4) is 0 Å². The van der Waals surface area contributed by atoms with Crippen LogP contribution in [-0.4, -0.2) is 6.03 Å². The Kier molecular flexibility index (Phi) is 4.30. The van der Waals surface area contributed by atoms with Crippen LogP contribution in [0, 0.1) is 6.92 Å². The summed E-state index contributed by atoms with van der Waals surface area (Å²) in [7, 11) is 0. The summed E-state index contributed by atoms with van der Waals surface area (Å²) < 4.78 is 0. The van der Waals surface area contributed by atoms with Crippen molar-refractivity contribution >= 4 is 40.6 Å². The van der Waals surface area contributed by atoms with Gasteiger partial charge in [-0.1, -0.05) is 41.4 Å². The Balaban J connectivity index is 2.10. The highest BCUT2D eigenvalue weighted by Crippen LogP contribution is 2.25. The molecule has 2 aromatic rings. The zero-order valence-electron chi connectivity index (χ0n) is 10.2. The first-order valence-electron chi connectivity index (χ1n) is 5.65. The van der Waals surface area contributed by atoms with Crippen molar-refractivity contribution in [3.05, 3.63) is 58.1 Å². The topological polar surface area (TPSA) is 41.1 Å².